The molecule has 0 aromatic carbocycles. The first-order valence-electron chi connectivity index (χ1n) is 3.74. The van der Waals surface area contributed by atoms with E-state index in [2.05, 4.69) is 39.7 Å². The third-order valence-corrected chi connectivity index (χ3v) is 6.25. The van der Waals surface area contributed by atoms with Crippen molar-refractivity contribution < 1.29 is 0 Å². The maximum atomic E-state index is 2.44. The van der Waals surface area contributed by atoms with Crippen molar-refractivity contribution in [3.63, 3.8) is 0 Å². The van der Waals surface area contributed by atoms with Crippen LogP contribution in [0.15, 0.2) is 0 Å². The quantitative estimate of drug-likeness (QED) is 0.442. The van der Waals surface area contributed by atoms with Crippen LogP contribution >= 0.6 is 9.01 Å². The van der Waals surface area contributed by atoms with Crippen molar-refractivity contribution in [3.8, 4) is 0 Å². The Morgan fingerprint density at radius 1 is 1.33 bits per heavy atom. The standard InChI is InChI=1S/C7H21BS/c1-6-7(2)9(3,4,5)8/h7,9H,6,8H2,1-5H3. The second-order valence-corrected chi connectivity index (χ2v) is 13.3. The number of rotatable bonds is 2. The summed E-state index contributed by atoms with van der Waals surface area (Å²) in [5.41, 5.74) is 0. The maximum absolute atomic E-state index is 2.44. The molecule has 1 atom stereocenters. The summed E-state index contributed by atoms with van der Waals surface area (Å²) in [6, 6.07) is 0. The summed E-state index contributed by atoms with van der Waals surface area (Å²) in [7, 11) is 1.23. The van der Waals surface area contributed by atoms with Gasteiger partial charge >= 0.3 is 0 Å². The van der Waals surface area contributed by atoms with E-state index in [0.717, 1.165) is 5.25 Å². The van der Waals surface area contributed by atoms with Crippen molar-refractivity contribution in [2.75, 3.05) is 18.8 Å². The Labute approximate surface area is 61.0 Å². The molecule has 0 aliphatic carbocycles. The van der Waals surface area contributed by atoms with Gasteiger partial charge in [-0.1, -0.05) is 32.6 Å². The number of hydrogen-bond acceptors (Lipinski definition) is 0. The van der Waals surface area contributed by atoms with Crippen molar-refractivity contribution >= 4 is 16.1 Å². The molecule has 0 nitrogen and oxygen atoms in total. The van der Waals surface area contributed by atoms with E-state index in [9.17, 15) is 0 Å². The lowest BCUT2D eigenvalue weighted by Crippen LogP contribution is -2.25. The van der Waals surface area contributed by atoms with Gasteiger partial charge in [0.1, 0.15) is 7.12 Å². The van der Waals surface area contributed by atoms with Crippen LogP contribution in [0.1, 0.15) is 20.3 Å². The zero-order valence-corrected chi connectivity index (χ0v) is 8.63. The van der Waals surface area contributed by atoms with Crippen LogP contribution < -0.4 is 0 Å². The van der Waals surface area contributed by atoms with E-state index >= 15 is 0 Å². The topological polar surface area (TPSA) is 0 Å². The molecule has 0 heterocycles. The lowest BCUT2D eigenvalue weighted by atomic mass is 10.4. The van der Waals surface area contributed by atoms with E-state index in [1.54, 1.807) is 0 Å². The van der Waals surface area contributed by atoms with Crippen molar-refractivity contribution in [2.24, 2.45) is 0 Å². The minimum absolute atomic E-state index is 0.927. The summed E-state index contributed by atoms with van der Waals surface area (Å²) >= 11 is 0. The van der Waals surface area contributed by atoms with E-state index in [-0.39, 0.29) is 0 Å². The number of hydrogen-bond donors (Lipinski definition) is 1. The summed E-state index contributed by atoms with van der Waals surface area (Å²) in [5.74, 6) is 0. The first kappa shape index (κ1) is 9.41. The van der Waals surface area contributed by atoms with Crippen LogP contribution in [0.2, 0.25) is 0 Å². The van der Waals surface area contributed by atoms with Crippen LogP contribution in [0, 0.1) is 0 Å². The van der Waals surface area contributed by atoms with Crippen LogP contribution in [0.25, 0.3) is 0 Å². The minimum Gasteiger partial charge on any atom is -0.311 e. The zero-order valence-electron chi connectivity index (χ0n) is 7.73. The van der Waals surface area contributed by atoms with Gasteiger partial charge < -0.3 is 9.01 Å². The highest BCUT2D eigenvalue weighted by Crippen LogP contribution is 2.59. The molecule has 0 saturated carbocycles. The SMILES string of the molecule is B[SH](C)(C)(C)C(C)CC. The van der Waals surface area contributed by atoms with Crippen LogP contribution in [-0.4, -0.2) is 31.1 Å². The molecule has 2 heteroatoms. The molecule has 0 aromatic rings. The van der Waals surface area contributed by atoms with Gasteiger partial charge in [-0.05, 0) is 11.7 Å². The molecular weight excluding hydrogens is 127 g/mol. The summed E-state index contributed by atoms with van der Waals surface area (Å²) in [6.45, 7) is 4.66. The third-order valence-electron chi connectivity index (χ3n) is 2.35. The number of thiol groups is 1. The molecule has 0 amide bonds. The Bertz CT molecular complexity index is 92.0. The fourth-order valence-electron chi connectivity index (χ4n) is 0.730. The molecule has 0 aliphatic heterocycles. The molecule has 0 aromatic heterocycles. The predicted molar refractivity (Wildman–Crippen MR) is 55.1 cm³/mol. The lowest BCUT2D eigenvalue weighted by Gasteiger charge is -2.52. The smallest absolute Gasteiger partial charge is 0.138 e. The van der Waals surface area contributed by atoms with E-state index in [0.29, 0.717) is 0 Å². The van der Waals surface area contributed by atoms with Gasteiger partial charge in [-0.15, -0.1) is 0 Å². The van der Waals surface area contributed by atoms with Gasteiger partial charge in [-0.2, -0.15) is 0 Å². The van der Waals surface area contributed by atoms with Crippen LogP contribution in [0.4, 0.5) is 0 Å². The Kier molecular flexibility index (Phi) is 2.33. The molecule has 0 fully saturated rings. The predicted octanol–water partition coefficient (Wildman–Crippen LogP) is 1.29. The summed E-state index contributed by atoms with van der Waals surface area (Å²) in [5, 5.41) is 0.927. The summed E-state index contributed by atoms with van der Waals surface area (Å²) in [4.78, 5) is 0. The van der Waals surface area contributed by atoms with Crippen molar-refractivity contribution in [1.29, 1.82) is 0 Å². The largest absolute Gasteiger partial charge is 0.311 e. The summed E-state index contributed by atoms with van der Waals surface area (Å²) in [6.07, 6.45) is 8.66. The van der Waals surface area contributed by atoms with Crippen molar-refractivity contribution in [2.45, 2.75) is 25.5 Å². The van der Waals surface area contributed by atoms with E-state index in [1.165, 1.54) is 6.42 Å². The van der Waals surface area contributed by atoms with Crippen LogP contribution in [0.5, 0.6) is 0 Å². The fraction of sp³-hybridized carbons (Fsp3) is 1.00. The highest BCUT2D eigenvalue weighted by atomic mass is 32.3. The van der Waals surface area contributed by atoms with E-state index in [4.69, 9.17) is 0 Å². The molecule has 9 heavy (non-hydrogen) atoms. The molecule has 0 N–H and O–H groups in total. The van der Waals surface area contributed by atoms with Gasteiger partial charge in [0.05, 0.1) is 0 Å². The van der Waals surface area contributed by atoms with E-state index < -0.39 is 9.01 Å². The normalized spacial score (nSPS) is 20.3. The molecule has 0 aliphatic rings. The molecule has 0 saturated heterocycles. The Morgan fingerprint density at radius 3 is 1.67 bits per heavy atom. The maximum Gasteiger partial charge on any atom is 0.138 e. The average Bonchev–Trinajstić information content (AvgIpc) is 1.60. The Morgan fingerprint density at radius 2 is 1.67 bits per heavy atom. The molecule has 0 radical (unpaired) electrons. The molecule has 0 rings (SSSR count). The van der Waals surface area contributed by atoms with Gasteiger partial charge in [0.2, 0.25) is 0 Å². The zero-order chi connectivity index (χ0) is 7.73. The lowest BCUT2D eigenvalue weighted by molar-refractivity contribution is 0.894. The van der Waals surface area contributed by atoms with Crippen LogP contribution in [-0.2, 0) is 0 Å². The first-order chi connectivity index (χ1) is 3.74. The highest BCUT2D eigenvalue weighted by Gasteiger charge is 2.24. The van der Waals surface area contributed by atoms with Gasteiger partial charge in [-0.3, -0.25) is 0 Å². The van der Waals surface area contributed by atoms with Crippen molar-refractivity contribution in [3.05, 3.63) is 0 Å². The molecular formula is C7H21BS. The Balaban J connectivity index is 4.16. The molecule has 0 spiro atoms. The average molecular weight is 148 g/mol. The van der Waals surface area contributed by atoms with Gasteiger partial charge in [0.15, 0.2) is 0 Å². The van der Waals surface area contributed by atoms with Gasteiger partial charge in [0.25, 0.3) is 0 Å². The second kappa shape index (κ2) is 2.23. The van der Waals surface area contributed by atoms with Crippen LogP contribution in [0.3, 0.4) is 0 Å². The monoisotopic (exact) mass is 148 g/mol. The van der Waals surface area contributed by atoms with E-state index in [1.807, 2.05) is 0 Å². The first-order valence-corrected chi connectivity index (χ1v) is 7.83. The molecule has 1 unspecified atom stereocenters. The van der Waals surface area contributed by atoms with Gasteiger partial charge in [-0.25, -0.2) is 0 Å². The highest BCUT2D eigenvalue weighted by molar-refractivity contribution is 8.63. The van der Waals surface area contributed by atoms with Crippen molar-refractivity contribution in [1.82, 2.24) is 0 Å². The second-order valence-electron chi connectivity index (χ2n) is 4.97. The fourth-order valence-corrected chi connectivity index (χ4v) is 2.19. The molecule has 0 bridgehead atoms. The summed E-state index contributed by atoms with van der Waals surface area (Å²) < 4.78 is 0. The molecule has 58 valence electrons. The third kappa shape index (κ3) is 3.19. The van der Waals surface area contributed by atoms with Gasteiger partial charge in [0, 0.05) is 0 Å². The Hall–Kier alpha value is 0.415. The minimum atomic E-state index is -1.21.